The van der Waals surface area contributed by atoms with Gasteiger partial charge in [0.1, 0.15) is 0 Å². The molecule has 6 aromatic rings. The van der Waals surface area contributed by atoms with Crippen molar-refractivity contribution in [3.05, 3.63) is 157 Å². The highest BCUT2D eigenvalue weighted by atomic mass is 14.3. The van der Waals surface area contributed by atoms with Gasteiger partial charge in [-0.1, -0.05) is 159 Å². The summed E-state index contributed by atoms with van der Waals surface area (Å²) in [7, 11) is 0. The summed E-state index contributed by atoms with van der Waals surface area (Å²) in [5.74, 6) is 0. The molecule has 0 aliphatic carbocycles. The molecule has 0 radical (unpaired) electrons. The molecule has 0 saturated carbocycles. The van der Waals surface area contributed by atoms with Crippen molar-refractivity contribution in [2.24, 2.45) is 0 Å². The van der Waals surface area contributed by atoms with Crippen LogP contribution in [0.4, 0.5) is 0 Å². The SMILES string of the molecule is CCc1cccc(-c2ccc(-c3ccccc3)c(-c3ccccc3)c2-c2ccccc2-c2ccccc2)c1CC. The highest BCUT2D eigenvalue weighted by Gasteiger charge is 2.22. The van der Waals surface area contributed by atoms with Crippen LogP contribution in [0.1, 0.15) is 25.0 Å². The van der Waals surface area contributed by atoms with Gasteiger partial charge in [0.25, 0.3) is 0 Å². The molecule has 0 unspecified atom stereocenters. The van der Waals surface area contributed by atoms with Crippen LogP contribution in [0.5, 0.6) is 0 Å². The molecule has 6 aromatic carbocycles. The van der Waals surface area contributed by atoms with E-state index < -0.39 is 0 Å². The molecule has 40 heavy (non-hydrogen) atoms. The molecule has 0 aliphatic heterocycles. The molecule has 0 aliphatic rings. The van der Waals surface area contributed by atoms with Crippen molar-refractivity contribution >= 4 is 0 Å². The third-order valence-corrected chi connectivity index (χ3v) is 7.93. The smallest absolute Gasteiger partial charge is 0.00142 e. The van der Waals surface area contributed by atoms with E-state index >= 15 is 0 Å². The Hall–Kier alpha value is -4.68. The van der Waals surface area contributed by atoms with E-state index in [2.05, 4.69) is 159 Å². The summed E-state index contributed by atoms with van der Waals surface area (Å²) in [4.78, 5) is 0. The maximum atomic E-state index is 2.36. The van der Waals surface area contributed by atoms with Crippen molar-refractivity contribution in [3.8, 4) is 55.6 Å². The second kappa shape index (κ2) is 11.6. The minimum Gasteiger partial charge on any atom is -0.0622 e. The van der Waals surface area contributed by atoms with Gasteiger partial charge < -0.3 is 0 Å². The molecule has 0 bridgehead atoms. The molecule has 0 saturated heterocycles. The molecule has 0 nitrogen and oxygen atoms in total. The van der Waals surface area contributed by atoms with Crippen LogP contribution in [-0.4, -0.2) is 0 Å². The molecule has 0 heterocycles. The van der Waals surface area contributed by atoms with E-state index in [1.807, 2.05) is 0 Å². The summed E-state index contributed by atoms with van der Waals surface area (Å²) >= 11 is 0. The lowest BCUT2D eigenvalue weighted by molar-refractivity contribution is 1.04. The summed E-state index contributed by atoms with van der Waals surface area (Å²) in [6.45, 7) is 4.55. The predicted molar refractivity (Wildman–Crippen MR) is 172 cm³/mol. The first-order chi connectivity index (χ1) is 19.8. The average Bonchev–Trinajstić information content (AvgIpc) is 3.05. The van der Waals surface area contributed by atoms with Gasteiger partial charge in [-0.25, -0.2) is 0 Å². The molecule has 0 fully saturated rings. The van der Waals surface area contributed by atoms with Gasteiger partial charge in [-0.15, -0.1) is 0 Å². The largest absolute Gasteiger partial charge is 0.0622 e. The van der Waals surface area contributed by atoms with Gasteiger partial charge in [-0.05, 0) is 79.6 Å². The van der Waals surface area contributed by atoms with Crippen molar-refractivity contribution < 1.29 is 0 Å². The maximum Gasteiger partial charge on any atom is -0.00142 e. The normalized spacial score (nSPS) is 10.9. The molecule has 0 amide bonds. The number of rotatable bonds is 7. The van der Waals surface area contributed by atoms with Gasteiger partial charge in [0.2, 0.25) is 0 Å². The predicted octanol–water partition coefficient (Wildman–Crippen LogP) is 11.1. The molecule has 6 rings (SSSR count). The Bertz CT molecular complexity index is 1730. The lowest BCUT2D eigenvalue weighted by atomic mass is 9.79. The number of hydrogen-bond acceptors (Lipinski definition) is 0. The zero-order valence-electron chi connectivity index (χ0n) is 23.3. The second-order valence-electron chi connectivity index (χ2n) is 10.2. The van der Waals surface area contributed by atoms with Crippen molar-refractivity contribution in [3.63, 3.8) is 0 Å². The topological polar surface area (TPSA) is 0 Å². The van der Waals surface area contributed by atoms with Crippen LogP contribution in [0.2, 0.25) is 0 Å². The van der Waals surface area contributed by atoms with Crippen LogP contribution in [0, 0.1) is 0 Å². The van der Waals surface area contributed by atoms with Crippen molar-refractivity contribution in [2.75, 3.05) is 0 Å². The van der Waals surface area contributed by atoms with Crippen molar-refractivity contribution in [1.29, 1.82) is 0 Å². The highest BCUT2D eigenvalue weighted by molar-refractivity contribution is 6.05. The fourth-order valence-electron chi connectivity index (χ4n) is 6.08. The van der Waals surface area contributed by atoms with Crippen LogP contribution in [-0.2, 0) is 12.8 Å². The first kappa shape index (κ1) is 25.6. The number of hydrogen-bond donors (Lipinski definition) is 0. The Balaban J connectivity index is 1.79. The third-order valence-electron chi connectivity index (χ3n) is 7.93. The molecule has 194 valence electrons. The highest BCUT2D eigenvalue weighted by Crippen LogP contribution is 2.48. The summed E-state index contributed by atoms with van der Waals surface area (Å²) in [5.41, 5.74) is 15.5. The molecular weight excluding hydrogens is 480 g/mol. The Kier molecular flexibility index (Phi) is 7.42. The summed E-state index contributed by atoms with van der Waals surface area (Å²) < 4.78 is 0. The van der Waals surface area contributed by atoms with Crippen LogP contribution < -0.4 is 0 Å². The molecule has 0 atom stereocenters. The molecular formula is C40H34. The summed E-state index contributed by atoms with van der Waals surface area (Å²) in [6, 6.07) is 53.0. The van der Waals surface area contributed by atoms with E-state index in [1.165, 1.54) is 66.8 Å². The monoisotopic (exact) mass is 514 g/mol. The molecule has 0 spiro atoms. The Labute approximate surface area is 238 Å². The maximum absolute atomic E-state index is 2.36. The zero-order valence-corrected chi connectivity index (χ0v) is 23.3. The van der Waals surface area contributed by atoms with E-state index in [4.69, 9.17) is 0 Å². The lowest BCUT2D eigenvalue weighted by Crippen LogP contribution is -2.00. The van der Waals surface area contributed by atoms with Gasteiger partial charge in [0.05, 0.1) is 0 Å². The summed E-state index contributed by atoms with van der Waals surface area (Å²) in [6.07, 6.45) is 2.03. The van der Waals surface area contributed by atoms with E-state index in [0.29, 0.717) is 0 Å². The summed E-state index contributed by atoms with van der Waals surface area (Å²) in [5, 5.41) is 0. The van der Waals surface area contributed by atoms with E-state index in [0.717, 1.165) is 12.8 Å². The standard InChI is InChI=1S/C40H34/c1-3-29-23-16-26-36(33(29)4-2)38-28-27-35(31-19-10-6-11-20-31)39(32-21-12-7-13-22-32)40(38)37-25-15-14-24-34(37)30-17-8-5-9-18-30/h5-28H,3-4H2,1-2H3. The van der Waals surface area contributed by atoms with Crippen LogP contribution >= 0.6 is 0 Å². The Morgan fingerprint density at radius 1 is 0.325 bits per heavy atom. The van der Waals surface area contributed by atoms with E-state index in [1.54, 1.807) is 0 Å². The second-order valence-corrected chi connectivity index (χ2v) is 10.2. The zero-order chi connectivity index (χ0) is 27.3. The molecule has 0 aromatic heterocycles. The van der Waals surface area contributed by atoms with Crippen molar-refractivity contribution in [1.82, 2.24) is 0 Å². The Morgan fingerprint density at radius 2 is 0.825 bits per heavy atom. The number of benzene rings is 6. The fraction of sp³-hybridized carbons (Fsp3) is 0.100. The number of aryl methyl sites for hydroxylation is 1. The van der Waals surface area contributed by atoms with Crippen LogP contribution in [0.25, 0.3) is 55.6 Å². The first-order valence-corrected chi connectivity index (χ1v) is 14.3. The Morgan fingerprint density at radius 3 is 1.43 bits per heavy atom. The molecule has 0 N–H and O–H groups in total. The van der Waals surface area contributed by atoms with Crippen LogP contribution in [0.3, 0.4) is 0 Å². The average molecular weight is 515 g/mol. The van der Waals surface area contributed by atoms with E-state index in [-0.39, 0.29) is 0 Å². The van der Waals surface area contributed by atoms with E-state index in [9.17, 15) is 0 Å². The third kappa shape index (κ3) is 4.78. The van der Waals surface area contributed by atoms with Gasteiger partial charge in [0.15, 0.2) is 0 Å². The minimum absolute atomic E-state index is 1.00. The van der Waals surface area contributed by atoms with Crippen molar-refractivity contribution in [2.45, 2.75) is 26.7 Å². The van der Waals surface area contributed by atoms with Gasteiger partial charge in [0, 0.05) is 0 Å². The van der Waals surface area contributed by atoms with Crippen LogP contribution in [0.15, 0.2) is 146 Å². The van der Waals surface area contributed by atoms with Gasteiger partial charge >= 0.3 is 0 Å². The van der Waals surface area contributed by atoms with Gasteiger partial charge in [-0.3, -0.25) is 0 Å². The first-order valence-electron chi connectivity index (χ1n) is 14.3. The fourth-order valence-corrected chi connectivity index (χ4v) is 6.08. The molecule has 0 heteroatoms. The lowest BCUT2D eigenvalue weighted by Gasteiger charge is -2.24. The quantitative estimate of drug-likeness (QED) is 0.199. The van der Waals surface area contributed by atoms with Gasteiger partial charge in [-0.2, -0.15) is 0 Å². The minimum atomic E-state index is 1.00.